The first-order valence-electron chi connectivity index (χ1n) is 6.32. The van der Waals surface area contributed by atoms with Crippen molar-refractivity contribution in [3.05, 3.63) is 11.9 Å². The van der Waals surface area contributed by atoms with E-state index in [9.17, 15) is 43.9 Å². The standard InChI is InChI=1S/C12H15F10NO/c1-23(2)6-4-5-9(24-3,12(20,21)22)11(18,19)10(16,17)7(13)8(14)15/h4-6H2,1-3H3. The Balaban J connectivity index is 6.17. The zero-order valence-electron chi connectivity index (χ0n) is 12.8. The monoisotopic (exact) mass is 379 g/mol. The number of ether oxygens (including phenoxy) is 1. The fourth-order valence-corrected chi connectivity index (χ4v) is 1.98. The van der Waals surface area contributed by atoms with E-state index in [4.69, 9.17) is 0 Å². The summed E-state index contributed by atoms with van der Waals surface area (Å²) in [4.78, 5) is 1.27. The van der Waals surface area contributed by atoms with Crippen molar-refractivity contribution in [1.29, 1.82) is 0 Å². The van der Waals surface area contributed by atoms with Crippen molar-refractivity contribution in [1.82, 2.24) is 4.90 Å². The fourth-order valence-electron chi connectivity index (χ4n) is 1.98. The van der Waals surface area contributed by atoms with Crippen LogP contribution >= 0.6 is 0 Å². The maximum atomic E-state index is 13.9. The predicted octanol–water partition coefficient (Wildman–Crippen LogP) is 4.62. The molecule has 12 heteroatoms. The van der Waals surface area contributed by atoms with E-state index >= 15 is 0 Å². The third-order valence-corrected chi connectivity index (χ3v) is 3.28. The second-order valence-electron chi connectivity index (χ2n) is 5.16. The van der Waals surface area contributed by atoms with Crippen molar-refractivity contribution in [3.63, 3.8) is 0 Å². The minimum Gasteiger partial charge on any atom is -0.363 e. The van der Waals surface area contributed by atoms with Crippen molar-refractivity contribution < 1.29 is 48.6 Å². The molecule has 0 spiro atoms. The molecule has 0 bridgehead atoms. The number of hydrogen-bond donors (Lipinski definition) is 0. The number of halogens is 10. The van der Waals surface area contributed by atoms with Crippen LogP contribution in [0.2, 0.25) is 0 Å². The van der Waals surface area contributed by atoms with E-state index in [0.717, 1.165) is 0 Å². The first kappa shape index (κ1) is 23.0. The second kappa shape index (κ2) is 7.46. The van der Waals surface area contributed by atoms with Crippen molar-refractivity contribution >= 4 is 0 Å². The van der Waals surface area contributed by atoms with Gasteiger partial charge < -0.3 is 9.64 Å². The topological polar surface area (TPSA) is 12.5 Å². The van der Waals surface area contributed by atoms with Gasteiger partial charge in [0, 0.05) is 7.11 Å². The molecule has 0 aromatic carbocycles. The first-order valence-corrected chi connectivity index (χ1v) is 6.32. The van der Waals surface area contributed by atoms with Crippen LogP contribution in [-0.4, -0.2) is 56.3 Å². The minimum absolute atomic E-state index is 0.0700. The van der Waals surface area contributed by atoms with Gasteiger partial charge in [-0.2, -0.15) is 43.9 Å². The van der Waals surface area contributed by atoms with Crippen LogP contribution in [0.15, 0.2) is 11.9 Å². The number of allylic oxidation sites excluding steroid dienone is 1. The molecule has 0 aliphatic carbocycles. The summed E-state index contributed by atoms with van der Waals surface area (Å²) in [5, 5.41) is 0. The van der Waals surface area contributed by atoms with Crippen molar-refractivity contribution in [2.45, 2.75) is 36.5 Å². The van der Waals surface area contributed by atoms with Crippen LogP contribution in [-0.2, 0) is 4.74 Å². The van der Waals surface area contributed by atoms with E-state index < -0.39 is 48.4 Å². The molecule has 0 heterocycles. The molecule has 0 aromatic rings. The lowest BCUT2D eigenvalue weighted by Gasteiger charge is -2.42. The normalized spacial score (nSPS) is 16.2. The molecule has 0 aliphatic rings. The molecule has 0 rings (SSSR count). The van der Waals surface area contributed by atoms with Gasteiger partial charge in [-0.05, 0) is 33.5 Å². The lowest BCUT2D eigenvalue weighted by atomic mass is 9.84. The third-order valence-electron chi connectivity index (χ3n) is 3.28. The summed E-state index contributed by atoms with van der Waals surface area (Å²) in [6, 6.07) is 0. The summed E-state index contributed by atoms with van der Waals surface area (Å²) >= 11 is 0. The Bertz CT molecular complexity index is 455. The molecule has 0 radical (unpaired) electrons. The van der Waals surface area contributed by atoms with Gasteiger partial charge >= 0.3 is 24.1 Å². The molecule has 24 heavy (non-hydrogen) atoms. The van der Waals surface area contributed by atoms with Crippen LogP contribution in [0.1, 0.15) is 12.8 Å². The number of alkyl halides is 7. The molecule has 144 valence electrons. The van der Waals surface area contributed by atoms with Crippen molar-refractivity contribution in [2.75, 3.05) is 27.7 Å². The van der Waals surface area contributed by atoms with Gasteiger partial charge in [0.1, 0.15) is 0 Å². The van der Waals surface area contributed by atoms with Gasteiger partial charge in [0.15, 0.2) is 0 Å². The molecule has 0 fully saturated rings. The SMILES string of the molecule is COC(CCCN(C)C)(C(F)(F)F)C(F)(F)C(F)(F)C(F)=C(F)F. The molecule has 2 nitrogen and oxygen atoms in total. The van der Waals surface area contributed by atoms with Gasteiger partial charge in [-0.25, -0.2) is 0 Å². The Hall–Kier alpha value is -1.04. The molecule has 0 aromatic heterocycles. The summed E-state index contributed by atoms with van der Waals surface area (Å²) in [5.74, 6) is -16.7. The van der Waals surface area contributed by atoms with Gasteiger partial charge in [-0.1, -0.05) is 0 Å². The highest BCUT2D eigenvalue weighted by molar-refractivity contribution is 5.18. The summed E-state index contributed by atoms with van der Waals surface area (Å²) in [6.45, 7) is -0.224. The maximum absolute atomic E-state index is 13.9. The van der Waals surface area contributed by atoms with Gasteiger partial charge in [-0.3, -0.25) is 0 Å². The largest absolute Gasteiger partial charge is 0.423 e. The van der Waals surface area contributed by atoms with E-state index in [-0.39, 0.29) is 13.7 Å². The average Bonchev–Trinajstić information content (AvgIpc) is 2.40. The lowest BCUT2D eigenvalue weighted by Crippen LogP contribution is -2.67. The Morgan fingerprint density at radius 3 is 1.67 bits per heavy atom. The Labute approximate surface area is 131 Å². The minimum atomic E-state index is -6.42. The average molecular weight is 379 g/mol. The van der Waals surface area contributed by atoms with Gasteiger partial charge in [-0.15, -0.1) is 0 Å². The smallest absolute Gasteiger partial charge is 0.363 e. The summed E-state index contributed by atoms with van der Waals surface area (Å²) in [7, 11) is 2.81. The molecular weight excluding hydrogens is 364 g/mol. The van der Waals surface area contributed by atoms with E-state index in [1.807, 2.05) is 0 Å². The highest BCUT2D eigenvalue weighted by Gasteiger charge is 2.80. The Morgan fingerprint density at radius 2 is 1.38 bits per heavy atom. The van der Waals surface area contributed by atoms with E-state index in [1.54, 1.807) is 0 Å². The van der Waals surface area contributed by atoms with Gasteiger partial charge in [0.05, 0.1) is 0 Å². The summed E-state index contributed by atoms with van der Waals surface area (Å²) in [6.07, 6.45) is -12.3. The van der Waals surface area contributed by atoms with Crippen LogP contribution in [0.4, 0.5) is 43.9 Å². The number of rotatable bonds is 8. The third kappa shape index (κ3) is 3.95. The molecule has 1 atom stereocenters. The molecule has 0 aliphatic heterocycles. The van der Waals surface area contributed by atoms with Crippen molar-refractivity contribution in [3.8, 4) is 0 Å². The first-order chi connectivity index (χ1) is 10.6. The molecular formula is C12H15F10NO. The van der Waals surface area contributed by atoms with Crippen molar-refractivity contribution in [2.24, 2.45) is 0 Å². The molecule has 0 saturated heterocycles. The fraction of sp³-hybridized carbons (Fsp3) is 0.833. The zero-order valence-corrected chi connectivity index (χ0v) is 12.8. The van der Waals surface area contributed by atoms with Gasteiger partial charge in [0.25, 0.3) is 0 Å². The maximum Gasteiger partial charge on any atom is 0.423 e. The molecule has 0 saturated carbocycles. The lowest BCUT2D eigenvalue weighted by molar-refractivity contribution is -0.380. The van der Waals surface area contributed by atoms with E-state index in [1.165, 1.54) is 19.0 Å². The molecule has 1 unspecified atom stereocenters. The summed E-state index contributed by atoms with van der Waals surface area (Å²) in [5.41, 5.74) is -4.85. The van der Waals surface area contributed by atoms with E-state index in [2.05, 4.69) is 4.74 Å². The van der Waals surface area contributed by atoms with Crippen LogP contribution < -0.4 is 0 Å². The molecule has 0 N–H and O–H groups in total. The Morgan fingerprint density at radius 1 is 0.917 bits per heavy atom. The van der Waals surface area contributed by atoms with Crippen LogP contribution in [0, 0.1) is 0 Å². The quantitative estimate of drug-likeness (QED) is 0.571. The number of nitrogens with zero attached hydrogens (tertiary/aromatic N) is 1. The highest BCUT2D eigenvalue weighted by atomic mass is 19.4. The van der Waals surface area contributed by atoms with Crippen LogP contribution in [0.5, 0.6) is 0 Å². The predicted molar refractivity (Wildman–Crippen MR) is 63.8 cm³/mol. The van der Waals surface area contributed by atoms with E-state index in [0.29, 0.717) is 0 Å². The molecule has 0 amide bonds. The van der Waals surface area contributed by atoms with Crippen LogP contribution in [0.3, 0.4) is 0 Å². The number of methoxy groups -OCH3 is 1. The second-order valence-corrected chi connectivity index (χ2v) is 5.16. The zero-order chi connectivity index (χ0) is 19.6. The van der Waals surface area contributed by atoms with Crippen LogP contribution in [0.25, 0.3) is 0 Å². The van der Waals surface area contributed by atoms with Gasteiger partial charge in [0.2, 0.25) is 11.4 Å². The highest BCUT2D eigenvalue weighted by Crippen LogP contribution is 2.56. The summed E-state index contributed by atoms with van der Waals surface area (Å²) < 4.78 is 134. The number of hydrogen-bond acceptors (Lipinski definition) is 2. The Kier molecular flexibility index (Phi) is 7.14.